The van der Waals surface area contributed by atoms with Crippen LogP contribution in [0, 0.1) is 0 Å². The summed E-state index contributed by atoms with van der Waals surface area (Å²) in [5, 5.41) is 11.5. The average molecular weight is 385 g/mol. The second-order valence-corrected chi connectivity index (χ2v) is 6.76. The number of halogens is 1. The van der Waals surface area contributed by atoms with Crippen LogP contribution in [0.4, 0.5) is 0 Å². The van der Waals surface area contributed by atoms with Gasteiger partial charge in [-0.3, -0.25) is 9.69 Å². The summed E-state index contributed by atoms with van der Waals surface area (Å²) in [5.74, 6) is 0.889. The van der Waals surface area contributed by atoms with E-state index in [-0.39, 0.29) is 11.9 Å². The molecule has 3 aromatic rings. The van der Waals surface area contributed by atoms with Crippen LogP contribution < -0.4 is 5.32 Å². The minimum atomic E-state index is -0.0947. The van der Waals surface area contributed by atoms with Crippen LogP contribution in [0.1, 0.15) is 34.8 Å². The van der Waals surface area contributed by atoms with E-state index in [1.165, 1.54) is 0 Å². The third-order valence-electron chi connectivity index (χ3n) is 4.41. The van der Waals surface area contributed by atoms with Crippen molar-refractivity contribution in [1.82, 2.24) is 20.4 Å². The molecule has 0 saturated heterocycles. The summed E-state index contributed by atoms with van der Waals surface area (Å²) in [6, 6.07) is 14.8. The first-order valence-electron chi connectivity index (χ1n) is 8.58. The van der Waals surface area contributed by atoms with Crippen molar-refractivity contribution in [2.75, 3.05) is 14.1 Å². The van der Waals surface area contributed by atoms with E-state index in [4.69, 9.17) is 16.0 Å². The SMILES string of the molecule is CNC(=O)c1ccc(CN(C)[C@@H](C)c2nnc(-c3cccc(Cl)c3)o2)cc1. The fourth-order valence-electron chi connectivity index (χ4n) is 2.66. The number of aromatic nitrogens is 2. The first-order valence-corrected chi connectivity index (χ1v) is 8.96. The third kappa shape index (κ3) is 4.53. The molecule has 0 aliphatic rings. The van der Waals surface area contributed by atoms with Gasteiger partial charge in [-0.2, -0.15) is 0 Å². The third-order valence-corrected chi connectivity index (χ3v) is 4.64. The Balaban J connectivity index is 1.68. The number of carbonyl (C=O) groups excluding carboxylic acids is 1. The zero-order valence-corrected chi connectivity index (χ0v) is 16.2. The van der Waals surface area contributed by atoms with Crippen molar-refractivity contribution in [3.8, 4) is 11.5 Å². The molecule has 3 rings (SSSR count). The molecule has 2 aromatic carbocycles. The van der Waals surface area contributed by atoms with Gasteiger partial charge >= 0.3 is 0 Å². The maximum Gasteiger partial charge on any atom is 0.251 e. The molecule has 1 heterocycles. The number of rotatable bonds is 6. The standard InChI is InChI=1S/C20H21ClN4O2/c1-13(19-23-24-20(27-19)16-5-4-6-17(21)11-16)25(3)12-14-7-9-15(10-8-14)18(26)22-2/h4-11,13H,12H2,1-3H3,(H,22,26)/t13-/m0/s1. The van der Waals surface area contributed by atoms with Crippen molar-refractivity contribution in [2.45, 2.75) is 19.5 Å². The monoisotopic (exact) mass is 384 g/mol. The topological polar surface area (TPSA) is 71.3 Å². The summed E-state index contributed by atoms with van der Waals surface area (Å²) in [7, 11) is 3.61. The largest absolute Gasteiger partial charge is 0.419 e. The van der Waals surface area contributed by atoms with Crippen molar-refractivity contribution in [2.24, 2.45) is 0 Å². The van der Waals surface area contributed by atoms with Crippen LogP contribution in [0.5, 0.6) is 0 Å². The van der Waals surface area contributed by atoms with Gasteiger partial charge in [-0.15, -0.1) is 10.2 Å². The molecule has 1 atom stereocenters. The number of hydrogen-bond acceptors (Lipinski definition) is 5. The Hall–Kier alpha value is -2.70. The molecule has 0 aliphatic heterocycles. The van der Waals surface area contributed by atoms with Gasteiger partial charge in [0.15, 0.2) is 0 Å². The van der Waals surface area contributed by atoms with Gasteiger partial charge in [-0.05, 0) is 49.9 Å². The molecule has 6 nitrogen and oxygen atoms in total. The van der Waals surface area contributed by atoms with Crippen LogP contribution in [0.15, 0.2) is 52.9 Å². The summed E-state index contributed by atoms with van der Waals surface area (Å²) in [6.07, 6.45) is 0. The maximum absolute atomic E-state index is 11.6. The molecular formula is C20H21ClN4O2. The van der Waals surface area contributed by atoms with Crippen molar-refractivity contribution >= 4 is 17.5 Å². The number of amides is 1. The highest BCUT2D eigenvalue weighted by Gasteiger charge is 2.19. The van der Waals surface area contributed by atoms with Crippen LogP contribution in [-0.4, -0.2) is 35.1 Å². The molecule has 0 saturated carbocycles. The molecule has 0 unspecified atom stereocenters. The lowest BCUT2D eigenvalue weighted by molar-refractivity contribution is 0.0963. The van der Waals surface area contributed by atoms with Gasteiger partial charge in [0, 0.05) is 29.7 Å². The minimum absolute atomic E-state index is 0.0657. The number of nitrogens with zero attached hydrogens (tertiary/aromatic N) is 3. The van der Waals surface area contributed by atoms with Gasteiger partial charge < -0.3 is 9.73 Å². The van der Waals surface area contributed by atoms with Gasteiger partial charge in [0.1, 0.15) is 0 Å². The van der Waals surface area contributed by atoms with Gasteiger partial charge in [0.05, 0.1) is 6.04 Å². The van der Waals surface area contributed by atoms with Crippen LogP contribution in [0.25, 0.3) is 11.5 Å². The summed E-state index contributed by atoms with van der Waals surface area (Å²) in [4.78, 5) is 13.7. The predicted molar refractivity (Wildman–Crippen MR) is 104 cm³/mol. The number of carbonyl (C=O) groups is 1. The van der Waals surface area contributed by atoms with E-state index in [0.717, 1.165) is 11.1 Å². The van der Waals surface area contributed by atoms with Crippen LogP contribution in [-0.2, 0) is 6.54 Å². The predicted octanol–water partition coefficient (Wildman–Crippen LogP) is 3.94. The lowest BCUT2D eigenvalue weighted by Crippen LogP contribution is -2.22. The molecule has 0 fully saturated rings. The minimum Gasteiger partial charge on any atom is -0.419 e. The van der Waals surface area contributed by atoms with E-state index < -0.39 is 0 Å². The van der Waals surface area contributed by atoms with Crippen molar-refractivity contribution in [3.05, 3.63) is 70.6 Å². The van der Waals surface area contributed by atoms with Gasteiger partial charge in [-0.1, -0.05) is 29.8 Å². The molecule has 0 aliphatic carbocycles. The fourth-order valence-corrected chi connectivity index (χ4v) is 2.85. The first kappa shape index (κ1) is 19.1. The Kier molecular flexibility index (Phi) is 5.88. The van der Waals surface area contributed by atoms with Crippen LogP contribution in [0.2, 0.25) is 5.02 Å². The van der Waals surface area contributed by atoms with E-state index in [2.05, 4.69) is 20.4 Å². The molecule has 7 heteroatoms. The fraction of sp³-hybridized carbons (Fsp3) is 0.250. The lowest BCUT2D eigenvalue weighted by atomic mass is 10.1. The number of hydrogen-bond donors (Lipinski definition) is 1. The van der Waals surface area contributed by atoms with E-state index in [9.17, 15) is 4.79 Å². The first-order chi connectivity index (χ1) is 13.0. The normalized spacial score (nSPS) is 12.2. The quantitative estimate of drug-likeness (QED) is 0.696. The van der Waals surface area contributed by atoms with Crippen LogP contribution in [0.3, 0.4) is 0 Å². The average Bonchev–Trinajstić information content (AvgIpc) is 3.17. The van der Waals surface area contributed by atoms with E-state index >= 15 is 0 Å². The molecule has 0 bridgehead atoms. The smallest absolute Gasteiger partial charge is 0.251 e. The van der Waals surface area contributed by atoms with Gasteiger partial charge in [0.25, 0.3) is 5.91 Å². The number of nitrogens with one attached hydrogen (secondary N) is 1. The van der Waals surface area contributed by atoms with Crippen molar-refractivity contribution in [3.63, 3.8) is 0 Å². The Morgan fingerprint density at radius 1 is 1.22 bits per heavy atom. The highest BCUT2D eigenvalue weighted by atomic mass is 35.5. The molecule has 0 spiro atoms. The van der Waals surface area contributed by atoms with Gasteiger partial charge in [-0.25, -0.2) is 0 Å². The Morgan fingerprint density at radius 3 is 2.63 bits per heavy atom. The van der Waals surface area contributed by atoms with Crippen LogP contribution >= 0.6 is 11.6 Å². The molecule has 27 heavy (non-hydrogen) atoms. The van der Waals surface area contributed by atoms with E-state index in [1.807, 2.05) is 50.4 Å². The summed E-state index contributed by atoms with van der Waals surface area (Å²) < 4.78 is 5.83. The van der Waals surface area contributed by atoms with Gasteiger partial charge in [0.2, 0.25) is 11.8 Å². The van der Waals surface area contributed by atoms with E-state index in [1.54, 1.807) is 19.2 Å². The second-order valence-electron chi connectivity index (χ2n) is 6.32. The summed E-state index contributed by atoms with van der Waals surface area (Å²) >= 11 is 6.02. The zero-order valence-electron chi connectivity index (χ0n) is 15.4. The van der Waals surface area contributed by atoms with Crippen molar-refractivity contribution < 1.29 is 9.21 Å². The maximum atomic E-state index is 11.6. The Bertz CT molecular complexity index is 924. The highest BCUT2D eigenvalue weighted by molar-refractivity contribution is 6.30. The Labute approximate surface area is 163 Å². The highest BCUT2D eigenvalue weighted by Crippen LogP contribution is 2.25. The molecule has 1 aromatic heterocycles. The molecule has 1 amide bonds. The molecular weight excluding hydrogens is 364 g/mol. The van der Waals surface area contributed by atoms with E-state index in [0.29, 0.717) is 28.9 Å². The summed E-state index contributed by atoms with van der Waals surface area (Å²) in [5.41, 5.74) is 2.52. The Morgan fingerprint density at radius 2 is 1.96 bits per heavy atom. The second kappa shape index (κ2) is 8.33. The van der Waals surface area contributed by atoms with Crippen molar-refractivity contribution in [1.29, 1.82) is 0 Å². The molecule has 0 radical (unpaired) electrons. The lowest BCUT2D eigenvalue weighted by Gasteiger charge is -2.21. The molecule has 140 valence electrons. The number of benzene rings is 2. The zero-order chi connectivity index (χ0) is 19.4. The summed E-state index contributed by atoms with van der Waals surface area (Å²) in [6.45, 7) is 2.69. The molecule has 1 N–H and O–H groups in total.